The molecule has 0 aliphatic rings. The van der Waals surface area contributed by atoms with Crippen LogP contribution in [0.15, 0.2) is 53.3 Å². The van der Waals surface area contributed by atoms with Crippen molar-refractivity contribution in [2.24, 2.45) is 0 Å². The average molecular weight is 282 g/mol. The summed E-state index contributed by atoms with van der Waals surface area (Å²) in [4.78, 5) is 12.7. The summed E-state index contributed by atoms with van der Waals surface area (Å²) in [6, 6.07) is 11.4. The third-order valence-electron chi connectivity index (χ3n) is 2.84. The van der Waals surface area contributed by atoms with Gasteiger partial charge in [-0.25, -0.2) is 9.97 Å². The molecule has 0 aliphatic carbocycles. The minimum Gasteiger partial charge on any atom is -0.481 e. The van der Waals surface area contributed by atoms with Gasteiger partial charge >= 0.3 is 0 Å². The van der Waals surface area contributed by atoms with Crippen molar-refractivity contribution >= 4 is 5.95 Å². The van der Waals surface area contributed by atoms with E-state index in [1.807, 2.05) is 30.3 Å². The van der Waals surface area contributed by atoms with E-state index in [1.54, 1.807) is 25.6 Å². The second-order valence-electron chi connectivity index (χ2n) is 4.29. The quantitative estimate of drug-likeness (QED) is 0.775. The fourth-order valence-corrected chi connectivity index (χ4v) is 1.81. The third kappa shape index (κ3) is 3.17. The largest absolute Gasteiger partial charge is 0.481 e. The molecule has 0 spiro atoms. The molecular formula is C15H14N4O2. The van der Waals surface area contributed by atoms with Crippen LogP contribution in [-0.2, 0) is 6.54 Å². The van der Waals surface area contributed by atoms with Gasteiger partial charge in [-0.05, 0) is 12.1 Å². The van der Waals surface area contributed by atoms with Crippen molar-refractivity contribution in [3.63, 3.8) is 0 Å². The summed E-state index contributed by atoms with van der Waals surface area (Å²) in [5.74, 6) is 1.59. The van der Waals surface area contributed by atoms with Crippen molar-refractivity contribution in [3.05, 3.63) is 54.6 Å². The number of nitrogens with zero attached hydrogens (tertiary/aromatic N) is 3. The van der Waals surface area contributed by atoms with E-state index in [-0.39, 0.29) is 0 Å². The Balaban J connectivity index is 1.67. The Morgan fingerprint density at radius 3 is 2.81 bits per heavy atom. The van der Waals surface area contributed by atoms with E-state index in [1.165, 1.54) is 0 Å². The van der Waals surface area contributed by atoms with Gasteiger partial charge in [0.15, 0.2) is 0 Å². The SMILES string of the molecule is COc1ccnc(NCc2coc(-c3ccccc3)n2)n1. The third-order valence-corrected chi connectivity index (χ3v) is 2.84. The van der Waals surface area contributed by atoms with Gasteiger partial charge in [-0.1, -0.05) is 18.2 Å². The van der Waals surface area contributed by atoms with E-state index >= 15 is 0 Å². The maximum atomic E-state index is 5.47. The summed E-state index contributed by atoms with van der Waals surface area (Å²) >= 11 is 0. The van der Waals surface area contributed by atoms with Crippen molar-refractivity contribution in [2.45, 2.75) is 6.54 Å². The van der Waals surface area contributed by atoms with Gasteiger partial charge in [0.1, 0.15) is 6.26 Å². The van der Waals surface area contributed by atoms with Gasteiger partial charge in [0, 0.05) is 17.8 Å². The highest BCUT2D eigenvalue weighted by Crippen LogP contribution is 2.18. The van der Waals surface area contributed by atoms with E-state index in [9.17, 15) is 0 Å². The van der Waals surface area contributed by atoms with Crippen LogP contribution in [0, 0.1) is 0 Å². The Labute approximate surface area is 121 Å². The minimum absolute atomic E-state index is 0.476. The van der Waals surface area contributed by atoms with Gasteiger partial charge in [-0.3, -0.25) is 0 Å². The van der Waals surface area contributed by atoms with Crippen molar-refractivity contribution in [1.29, 1.82) is 0 Å². The van der Waals surface area contributed by atoms with E-state index in [0.717, 1.165) is 11.3 Å². The number of ether oxygens (including phenoxy) is 1. The van der Waals surface area contributed by atoms with Crippen LogP contribution in [0.4, 0.5) is 5.95 Å². The first-order valence-electron chi connectivity index (χ1n) is 6.46. The highest BCUT2D eigenvalue weighted by atomic mass is 16.5. The summed E-state index contributed by atoms with van der Waals surface area (Å²) in [5, 5.41) is 3.08. The van der Waals surface area contributed by atoms with Crippen LogP contribution in [0.25, 0.3) is 11.5 Å². The molecule has 21 heavy (non-hydrogen) atoms. The van der Waals surface area contributed by atoms with Crippen molar-refractivity contribution in [3.8, 4) is 17.3 Å². The van der Waals surface area contributed by atoms with E-state index < -0.39 is 0 Å². The molecule has 1 N–H and O–H groups in total. The van der Waals surface area contributed by atoms with E-state index in [4.69, 9.17) is 9.15 Å². The first-order valence-corrected chi connectivity index (χ1v) is 6.46. The number of methoxy groups -OCH3 is 1. The molecule has 0 bridgehead atoms. The maximum absolute atomic E-state index is 5.47. The highest BCUT2D eigenvalue weighted by molar-refractivity contribution is 5.52. The molecule has 3 rings (SSSR count). The molecule has 0 saturated carbocycles. The molecule has 6 heteroatoms. The lowest BCUT2D eigenvalue weighted by molar-refractivity contribution is 0.397. The smallest absolute Gasteiger partial charge is 0.226 e. The highest BCUT2D eigenvalue weighted by Gasteiger charge is 2.06. The Hall–Kier alpha value is -2.89. The number of hydrogen-bond acceptors (Lipinski definition) is 6. The van der Waals surface area contributed by atoms with Crippen LogP contribution < -0.4 is 10.1 Å². The Morgan fingerprint density at radius 2 is 2.00 bits per heavy atom. The lowest BCUT2D eigenvalue weighted by atomic mass is 10.2. The summed E-state index contributed by atoms with van der Waals surface area (Å²) in [6.07, 6.45) is 3.25. The molecular weight excluding hydrogens is 268 g/mol. The van der Waals surface area contributed by atoms with Crippen molar-refractivity contribution in [1.82, 2.24) is 15.0 Å². The molecule has 0 saturated heterocycles. The zero-order chi connectivity index (χ0) is 14.5. The average Bonchev–Trinajstić information content (AvgIpc) is 3.03. The molecule has 6 nitrogen and oxygen atoms in total. The molecule has 2 heterocycles. The van der Waals surface area contributed by atoms with Gasteiger partial charge < -0.3 is 14.5 Å². The zero-order valence-corrected chi connectivity index (χ0v) is 11.5. The summed E-state index contributed by atoms with van der Waals surface area (Å²) in [5.41, 5.74) is 1.72. The molecule has 0 amide bonds. The molecule has 3 aromatic rings. The Morgan fingerprint density at radius 1 is 1.14 bits per heavy atom. The number of hydrogen-bond donors (Lipinski definition) is 1. The number of rotatable bonds is 5. The van der Waals surface area contributed by atoms with Gasteiger partial charge in [0.25, 0.3) is 0 Å². The molecule has 0 aliphatic heterocycles. The number of oxazole rings is 1. The van der Waals surface area contributed by atoms with Crippen molar-refractivity contribution in [2.75, 3.05) is 12.4 Å². The first kappa shape index (κ1) is 13.1. The summed E-state index contributed by atoms with van der Waals surface area (Å²) < 4.78 is 10.5. The number of aromatic nitrogens is 3. The maximum Gasteiger partial charge on any atom is 0.226 e. The molecule has 0 radical (unpaired) electrons. The monoisotopic (exact) mass is 282 g/mol. The van der Waals surface area contributed by atoms with Crippen molar-refractivity contribution < 1.29 is 9.15 Å². The van der Waals surface area contributed by atoms with Crippen LogP contribution in [0.3, 0.4) is 0 Å². The predicted molar refractivity (Wildman–Crippen MR) is 77.8 cm³/mol. The summed E-state index contributed by atoms with van der Waals surface area (Å²) in [6.45, 7) is 0.476. The van der Waals surface area contributed by atoms with Gasteiger partial charge in [-0.2, -0.15) is 4.98 Å². The Kier molecular flexibility index (Phi) is 3.77. The molecule has 0 unspecified atom stereocenters. The van der Waals surface area contributed by atoms with Crippen LogP contribution in [0.5, 0.6) is 5.88 Å². The van der Waals surface area contributed by atoms with Gasteiger partial charge in [0.2, 0.25) is 17.7 Å². The second-order valence-corrected chi connectivity index (χ2v) is 4.29. The second kappa shape index (κ2) is 6.04. The summed E-state index contributed by atoms with van der Waals surface area (Å²) in [7, 11) is 1.57. The molecule has 0 fully saturated rings. The standard InChI is InChI=1S/C15H14N4O2/c1-20-13-7-8-16-15(19-13)17-9-12-10-21-14(18-12)11-5-3-2-4-6-11/h2-8,10H,9H2,1H3,(H,16,17,19). The topological polar surface area (TPSA) is 73.1 Å². The van der Waals surface area contributed by atoms with Crippen LogP contribution in [0.1, 0.15) is 5.69 Å². The number of nitrogens with one attached hydrogen (secondary N) is 1. The fraction of sp³-hybridized carbons (Fsp3) is 0.133. The first-order chi connectivity index (χ1) is 10.3. The molecule has 0 atom stereocenters. The normalized spacial score (nSPS) is 10.3. The Bertz CT molecular complexity index is 712. The van der Waals surface area contributed by atoms with Crippen LogP contribution in [-0.4, -0.2) is 22.1 Å². The molecule has 2 aromatic heterocycles. The van der Waals surface area contributed by atoms with E-state index in [0.29, 0.717) is 24.3 Å². The zero-order valence-electron chi connectivity index (χ0n) is 11.5. The molecule has 106 valence electrons. The van der Waals surface area contributed by atoms with Crippen LogP contribution in [0.2, 0.25) is 0 Å². The predicted octanol–water partition coefficient (Wildman–Crippen LogP) is 2.75. The van der Waals surface area contributed by atoms with E-state index in [2.05, 4.69) is 20.3 Å². The lowest BCUT2D eigenvalue weighted by Gasteiger charge is -2.03. The molecule has 1 aromatic carbocycles. The van der Waals surface area contributed by atoms with Crippen LogP contribution >= 0.6 is 0 Å². The number of benzene rings is 1. The minimum atomic E-state index is 0.476. The number of anilines is 1. The lowest BCUT2D eigenvalue weighted by Crippen LogP contribution is -2.04. The van der Waals surface area contributed by atoms with Gasteiger partial charge in [-0.15, -0.1) is 0 Å². The fourth-order valence-electron chi connectivity index (χ4n) is 1.81. The van der Waals surface area contributed by atoms with Gasteiger partial charge in [0.05, 0.1) is 19.3 Å².